The SMILES string of the molecule is CC/C=C(\c1ccccc1)c1ccc2nc(S(=O)(=O)C(C)(C)N)[nH]c2c1. The maximum absolute atomic E-state index is 12.5. The third kappa shape index (κ3) is 3.30. The molecule has 0 aliphatic carbocycles. The summed E-state index contributed by atoms with van der Waals surface area (Å²) in [5.74, 6) is 0. The van der Waals surface area contributed by atoms with Crippen molar-refractivity contribution in [3.05, 3.63) is 65.7 Å². The quantitative estimate of drug-likeness (QED) is 0.714. The summed E-state index contributed by atoms with van der Waals surface area (Å²) in [5.41, 5.74) is 10.3. The van der Waals surface area contributed by atoms with Crippen LogP contribution in [0.3, 0.4) is 0 Å². The number of nitrogens with two attached hydrogens (primary N) is 1. The number of hydrogen-bond acceptors (Lipinski definition) is 4. The highest BCUT2D eigenvalue weighted by Gasteiger charge is 2.34. The first-order valence-electron chi connectivity index (χ1n) is 8.53. The lowest BCUT2D eigenvalue weighted by atomic mass is 9.97. The van der Waals surface area contributed by atoms with E-state index in [1.807, 2.05) is 36.4 Å². The molecule has 1 heterocycles. The summed E-state index contributed by atoms with van der Waals surface area (Å²) in [6.45, 7) is 5.00. The first-order valence-corrected chi connectivity index (χ1v) is 10.0. The average Bonchev–Trinajstić information content (AvgIpc) is 3.03. The van der Waals surface area contributed by atoms with E-state index in [9.17, 15) is 8.42 Å². The van der Waals surface area contributed by atoms with Crippen LogP contribution < -0.4 is 5.73 Å². The van der Waals surface area contributed by atoms with Gasteiger partial charge >= 0.3 is 0 Å². The Morgan fingerprint density at radius 1 is 1.15 bits per heavy atom. The highest BCUT2D eigenvalue weighted by Crippen LogP contribution is 2.28. The zero-order chi connectivity index (χ0) is 18.9. The number of aromatic nitrogens is 2. The van der Waals surface area contributed by atoms with Crippen molar-refractivity contribution in [3.63, 3.8) is 0 Å². The fraction of sp³-hybridized carbons (Fsp3) is 0.250. The molecule has 0 saturated carbocycles. The Kier molecular flexibility index (Phi) is 4.73. The molecule has 0 spiro atoms. The second kappa shape index (κ2) is 6.70. The van der Waals surface area contributed by atoms with Gasteiger partial charge in [-0.2, -0.15) is 0 Å². The van der Waals surface area contributed by atoms with Crippen molar-refractivity contribution in [2.24, 2.45) is 5.73 Å². The van der Waals surface area contributed by atoms with Gasteiger partial charge in [0.15, 0.2) is 0 Å². The minimum atomic E-state index is -3.74. The van der Waals surface area contributed by atoms with E-state index in [1.165, 1.54) is 13.8 Å². The van der Waals surface area contributed by atoms with Crippen LogP contribution in [0.5, 0.6) is 0 Å². The molecule has 0 radical (unpaired) electrons. The topological polar surface area (TPSA) is 88.8 Å². The van der Waals surface area contributed by atoms with Gasteiger partial charge in [0, 0.05) is 0 Å². The number of fused-ring (bicyclic) bond motifs is 1. The number of nitrogens with zero attached hydrogens (tertiary/aromatic N) is 1. The first-order chi connectivity index (χ1) is 12.2. The van der Waals surface area contributed by atoms with E-state index in [1.54, 1.807) is 0 Å². The van der Waals surface area contributed by atoms with E-state index in [2.05, 4.69) is 35.1 Å². The van der Waals surface area contributed by atoms with E-state index in [4.69, 9.17) is 5.73 Å². The largest absolute Gasteiger partial charge is 0.329 e. The Bertz CT molecular complexity index is 1060. The van der Waals surface area contributed by atoms with Crippen molar-refractivity contribution < 1.29 is 8.42 Å². The summed E-state index contributed by atoms with van der Waals surface area (Å²) >= 11 is 0. The van der Waals surface area contributed by atoms with Gasteiger partial charge in [-0.05, 0) is 49.1 Å². The summed E-state index contributed by atoms with van der Waals surface area (Å²) in [6, 6.07) is 15.8. The van der Waals surface area contributed by atoms with Gasteiger partial charge in [-0.1, -0.05) is 49.4 Å². The number of benzene rings is 2. The van der Waals surface area contributed by atoms with Gasteiger partial charge in [-0.3, -0.25) is 0 Å². The molecule has 26 heavy (non-hydrogen) atoms. The summed E-state index contributed by atoms with van der Waals surface area (Å²) in [4.78, 5) is 5.75. The lowest BCUT2D eigenvalue weighted by Gasteiger charge is -2.16. The minimum Gasteiger partial charge on any atom is -0.329 e. The lowest BCUT2D eigenvalue weighted by Crippen LogP contribution is -2.41. The predicted octanol–water partition coefficient (Wildman–Crippen LogP) is 3.87. The fourth-order valence-corrected chi connectivity index (χ4v) is 3.72. The minimum absolute atomic E-state index is 0.0992. The number of H-pyrrole nitrogens is 1. The number of allylic oxidation sites excluding steroid dienone is 1. The van der Waals surface area contributed by atoms with E-state index in [0.717, 1.165) is 23.1 Å². The van der Waals surface area contributed by atoms with Crippen molar-refractivity contribution in [1.82, 2.24) is 9.97 Å². The van der Waals surface area contributed by atoms with Crippen LogP contribution in [0, 0.1) is 0 Å². The molecule has 0 fully saturated rings. The first kappa shape index (κ1) is 18.4. The fourth-order valence-electron chi connectivity index (χ4n) is 2.75. The van der Waals surface area contributed by atoms with Crippen LogP contribution in [-0.4, -0.2) is 23.3 Å². The van der Waals surface area contributed by atoms with Crippen LogP contribution in [-0.2, 0) is 9.84 Å². The van der Waals surface area contributed by atoms with Gasteiger partial charge < -0.3 is 10.7 Å². The molecular weight excluding hydrogens is 346 g/mol. The molecule has 136 valence electrons. The smallest absolute Gasteiger partial charge is 0.229 e. The molecule has 1 aromatic heterocycles. The Morgan fingerprint density at radius 2 is 1.85 bits per heavy atom. The van der Waals surface area contributed by atoms with E-state index >= 15 is 0 Å². The normalized spacial score (nSPS) is 13.3. The lowest BCUT2D eigenvalue weighted by molar-refractivity contribution is 0.545. The van der Waals surface area contributed by atoms with Gasteiger partial charge in [0.05, 0.1) is 11.0 Å². The van der Waals surface area contributed by atoms with Crippen LogP contribution in [0.2, 0.25) is 0 Å². The Balaban J connectivity index is 2.11. The molecule has 3 aromatic rings. The van der Waals surface area contributed by atoms with Crippen molar-refractivity contribution in [3.8, 4) is 0 Å². The van der Waals surface area contributed by atoms with Gasteiger partial charge in [0.1, 0.15) is 4.87 Å². The zero-order valence-corrected chi connectivity index (χ0v) is 16.0. The molecule has 0 amide bonds. The molecule has 0 bridgehead atoms. The van der Waals surface area contributed by atoms with Crippen LogP contribution in [0.15, 0.2) is 59.8 Å². The van der Waals surface area contributed by atoms with Gasteiger partial charge in [-0.25, -0.2) is 13.4 Å². The number of aromatic amines is 1. The Morgan fingerprint density at radius 3 is 2.46 bits per heavy atom. The maximum atomic E-state index is 12.5. The van der Waals surface area contributed by atoms with Crippen LogP contribution in [0.1, 0.15) is 38.3 Å². The molecule has 6 heteroatoms. The molecule has 0 aliphatic rings. The number of hydrogen-bond donors (Lipinski definition) is 2. The van der Waals surface area contributed by atoms with E-state index in [-0.39, 0.29) is 5.16 Å². The molecule has 3 N–H and O–H groups in total. The molecule has 2 aromatic carbocycles. The number of rotatable bonds is 5. The van der Waals surface area contributed by atoms with Crippen molar-refractivity contribution in [2.75, 3.05) is 0 Å². The Labute approximate surface area is 153 Å². The molecule has 0 unspecified atom stereocenters. The highest BCUT2D eigenvalue weighted by molar-refractivity contribution is 7.92. The van der Waals surface area contributed by atoms with Gasteiger partial charge in [0.2, 0.25) is 15.0 Å². The molecular formula is C20H23N3O2S. The van der Waals surface area contributed by atoms with Crippen LogP contribution in [0.4, 0.5) is 0 Å². The monoisotopic (exact) mass is 369 g/mol. The second-order valence-corrected chi connectivity index (χ2v) is 9.22. The van der Waals surface area contributed by atoms with Crippen molar-refractivity contribution in [2.45, 2.75) is 37.2 Å². The Hall–Kier alpha value is -2.44. The van der Waals surface area contributed by atoms with Crippen LogP contribution >= 0.6 is 0 Å². The number of nitrogens with one attached hydrogen (secondary N) is 1. The molecule has 0 aliphatic heterocycles. The summed E-state index contributed by atoms with van der Waals surface area (Å²) in [5, 5.41) is -0.0992. The van der Waals surface area contributed by atoms with Crippen molar-refractivity contribution in [1.29, 1.82) is 0 Å². The summed E-state index contributed by atoms with van der Waals surface area (Å²) in [7, 11) is -3.74. The van der Waals surface area contributed by atoms with Crippen LogP contribution in [0.25, 0.3) is 16.6 Å². The average molecular weight is 369 g/mol. The number of imidazole rings is 1. The molecule has 0 atom stereocenters. The van der Waals surface area contributed by atoms with Crippen molar-refractivity contribution >= 4 is 26.4 Å². The number of sulfone groups is 1. The van der Waals surface area contributed by atoms with Gasteiger partial charge in [0.25, 0.3) is 0 Å². The third-order valence-electron chi connectivity index (χ3n) is 4.21. The maximum Gasteiger partial charge on any atom is 0.229 e. The predicted molar refractivity (Wildman–Crippen MR) is 105 cm³/mol. The standard InChI is InChI=1S/C20H23N3O2S/c1-4-8-16(14-9-6-5-7-10-14)15-11-12-17-18(13-15)23-19(22-17)26(24,25)20(2,3)21/h5-13H,4,21H2,1-3H3,(H,22,23)/b16-8+. The third-order valence-corrected chi connectivity index (χ3v) is 6.30. The summed E-state index contributed by atoms with van der Waals surface area (Å²) in [6.07, 6.45) is 3.06. The van der Waals surface area contributed by atoms with E-state index < -0.39 is 14.7 Å². The highest BCUT2D eigenvalue weighted by atomic mass is 32.2. The van der Waals surface area contributed by atoms with E-state index in [0.29, 0.717) is 11.0 Å². The zero-order valence-electron chi connectivity index (χ0n) is 15.2. The second-order valence-electron chi connectivity index (χ2n) is 6.77. The summed E-state index contributed by atoms with van der Waals surface area (Å²) < 4.78 is 25.1. The van der Waals surface area contributed by atoms with Gasteiger partial charge in [-0.15, -0.1) is 0 Å². The molecule has 3 rings (SSSR count). The molecule has 0 saturated heterocycles. The molecule has 5 nitrogen and oxygen atoms in total.